The van der Waals surface area contributed by atoms with Crippen LogP contribution in [0.4, 0.5) is 5.69 Å². The minimum Gasteiger partial charge on any atom is -0.367 e. The summed E-state index contributed by atoms with van der Waals surface area (Å²) in [5.74, 6) is -0.215. The van der Waals surface area contributed by atoms with E-state index in [4.69, 9.17) is 11.6 Å². The molecule has 2 heterocycles. The summed E-state index contributed by atoms with van der Waals surface area (Å²) in [5, 5.41) is 2.38. The number of sulfonamides is 1. The number of nitrogens with one attached hydrogen (secondary N) is 1. The van der Waals surface area contributed by atoms with Crippen LogP contribution in [0.3, 0.4) is 0 Å². The standard InChI is InChI=1S/C23H24ClN3O3S2/c24-19-9-4-5-10-21(19)26-12-14-27(15-13-26)23(28)20(17-18-7-2-1-3-8-18)25-32(29,30)22-11-6-16-31-22/h1-11,16,20,25H,12-15,17H2/t20-/m0/s1. The lowest BCUT2D eigenvalue weighted by molar-refractivity contribution is -0.133. The van der Waals surface area contributed by atoms with E-state index in [9.17, 15) is 13.2 Å². The zero-order valence-corrected chi connectivity index (χ0v) is 19.7. The molecule has 9 heteroatoms. The summed E-state index contributed by atoms with van der Waals surface area (Å²) in [4.78, 5) is 17.3. The molecule has 1 N–H and O–H groups in total. The molecule has 0 spiro atoms. The molecule has 0 unspecified atom stereocenters. The number of nitrogens with zero attached hydrogens (tertiary/aromatic N) is 2. The first-order chi connectivity index (χ1) is 15.4. The second-order valence-corrected chi connectivity index (χ2v) is 10.9. The van der Waals surface area contributed by atoms with Crippen LogP contribution in [0.15, 0.2) is 76.3 Å². The van der Waals surface area contributed by atoms with Crippen LogP contribution in [-0.4, -0.2) is 51.4 Å². The summed E-state index contributed by atoms with van der Waals surface area (Å²) in [7, 11) is -3.79. The molecule has 0 bridgehead atoms. The predicted molar refractivity (Wildman–Crippen MR) is 129 cm³/mol. The average Bonchev–Trinajstić information content (AvgIpc) is 3.36. The van der Waals surface area contributed by atoms with Gasteiger partial charge in [0.15, 0.2) is 0 Å². The minimum atomic E-state index is -3.79. The van der Waals surface area contributed by atoms with Crippen LogP contribution < -0.4 is 9.62 Å². The molecule has 1 aliphatic rings. The highest BCUT2D eigenvalue weighted by Crippen LogP contribution is 2.26. The molecule has 32 heavy (non-hydrogen) atoms. The number of anilines is 1. The zero-order chi connectivity index (χ0) is 22.6. The van der Waals surface area contributed by atoms with E-state index >= 15 is 0 Å². The van der Waals surface area contributed by atoms with Gasteiger partial charge in [0.25, 0.3) is 10.0 Å². The molecule has 0 aliphatic carbocycles. The Balaban J connectivity index is 1.49. The Hall–Kier alpha value is -2.39. The monoisotopic (exact) mass is 489 g/mol. The van der Waals surface area contributed by atoms with Crippen molar-refractivity contribution >= 4 is 44.6 Å². The van der Waals surface area contributed by atoms with Crippen molar-refractivity contribution in [3.05, 3.63) is 82.7 Å². The predicted octanol–water partition coefficient (Wildman–Crippen LogP) is 3.64. The summed E-state index contributed by atoms with van der Waals surface area (Å²) < 4.78 is 28.6. The molecule has 1 saturated heterocycles. The Morgan fingerprint density at radius 3 is 2.31 bits per heavy atom. The van der Waals surface area contributed by atoms with Crippen LogP contribution in [0.25, 0.3) is 0 Å². The van der Waals surface area contributed by atoms with Crippen LogP contribution in [0.5, 0.6) is 0 Å². The van der Waals surface area contributed by atoms with Crippen molar-refractivity contribution in [2.24, 2.45) is 0 Å². The Labute approximate surface area is 197 Å². The van der Waals surface area contributed by atoms with Crippen molar-refractivity contribution in [1.82, 2.24) is 9.62 Å². The van der Waals surface area contributed by atoms with Gasteiger partial charge in [0.2, 0.25) is 5.91 Å². The Morgan fingerprint density at radius 1 is 0.969 bits per heavy atom. The minimum absolute atomic E-state index is 0.201. The number of piperazine rings is 1. The SMILES string of the molecule is O=C([C@H](Cc1ccccc1)NS(=O)(=O)c1cccs1)N1CCN(c2ccccc2Cl)CC1. The molecule has 168 valence electrons. The lowest BCUT2D eigenvalue weighted by atomic mass is 10.1. The lowest BCUT2D eigenvalue weighted by Crippen LogP contribution is -2.55. The van der Waals surface area contributed by atoms with E-state index in [2.05, 4.69) is 9.62 Å². The van der Waals surface area contributed by atoms with Gasteiger partial charge in [-0.3, -0.25) is 4.79 Å². The maximum Gasteiger partial charge on any atom is 0.250 e. The normalized spacial score (nSPS) is 15.5. The summed E-state index contributed by atoms with van der Waals surface area (Å²) in [5.41, 5.74) is 1.84. The number of carbonyl (C=O) groups is 1. The molecule has 1 amide bonds. The first-order valence-corrected chi connectivity index (χ1v) is 13.1. The summed E-state index contributed by atoms with van der Waals surface area (Å²) >= 11 is 7.45. The molecule has 3 aromatic rings. The highest BCUT2D eigenvalue weighted by molar-refractivity contribution is 7.91. The molecular formula is C23H24ClN3O3S2. The van der Waals surface area contributed by atoms with Crippen LogP contribution in [0.1, 0.15) is 5.56 Å². The van der Waals surface area contributed by atoms with Gasteiger partial charge in [0.05, 0.1) is 10.7 Å². The van der Waals surface area contributed by atoms with Gasteiger partial charge in [-0.15, -0.1) is 11.3 Å². The molecule has 1 aliphatic heterocycles. The lowest BCUT2D eigenvalue weighted by Gasteiger charge is -2.38. The van der Waals surface area contributed by atoms with Gasteiger partial charge in [-0.2, -0.15) is 4.72 Å². The smallest absolute Gasteiger partial charge is 0.250 e. The van der Waals surface area contributed by atoms with Gasteiger partial charge < -0.3 is 9.80 Å². The first kappa shape index (κ1) is 22.8. The van der Waals surface area contributed by atoms with Crippen molar-refractivity contribution in [1.29, 1.82) is 0 Å². The molecule has 1 fully saturated rings. The fourth-order valence-corrected chi connectivity index (χ4v) is 6.24. The van der Waals surface area contributed by atoms with Gasteiger partial charge >= 0.3 is 0 Å². The summed E-state index contributed by atoms with van der Waals surface area (Å²) in [6.07, 6.45) is 0.287. The maximum absolute atomic E-state index is 13.4. The highest BCUT2D eigenvalue weighted by atomic mass is 35.5. The Kier molecular flexibility index (Phi) is 7.15. The molecule has 0 radical (unpaired) electrons. The van der Waals surface area contributed by atoms with Crippen LogP contribution >= 0.6 is 22.9 Å². The molecule has 0 saturated carbocycles. The number of rotatable bonds is 7. The third kappa shape index (κ3) is 5.32. The quantitative estimate of drug-likeness (QED) is 0.550. The Morgan fingerprint density at radius 2 is 1.66 bits per heavy atom. The summed E-state index contributed by atoms with van der Waals surface area (Å²) in [6.45, 7) is 2.25. The van der Waals surface area contributed by atoms with E-state index < -0.39 is 16.1 Å². The van der Waals surface area contributed by atoms with Crippen LogP contribution in [-0.2, 0) is 21.2 Å². The molecule has 6 nitrogen and oxygen atoms in total. The highest BCUT2D eigenvalue weighted by Gasteiger charge is 2.32. The second-order valence-electron chi connectivity index (χ2n) is 7.56. The largest absolute Gasteiger partial charge is 0.367 e. The van der Waals surface area contributed by atoms with Crippen molar-refractivity contribution < 1.29 is 13.2 Å². The van der Waals surface area contributed by atoms with Crippen molar-refractivity contribution in [2.75, 3.05) is 31.1 Å². The number of amides is 1. The van der Waals surface area contributed by atoms with E-state index in [1.807, 2.05) is 54.6 Å². The number of para-hydroxylation sites is 1. The second kappa shape index (κ2) is 10.0. The van der Waals surface area contributed by atoms with Gasteiger partial charge in [0.1, 0.15) is 10.3 Å². The van der Waals surface area contributed by atoms with Gasteiger partial charge in [-0.25, -0.2) is 8.42 Å². The summed E-state index contributed by atoms with van der Waals surface area (Å²) in [6, 6.07) is 19.4. The van der Waals surface area contributed by atoms with Crippen LogP contribution in [0, 0.1) is 0 Å². The van der Waals surface area contributed by atoms with E-state index in [-0.39, 0.29) is 16.5 Å². The molecular weight excluding hydrogens is 466 g/mol. The van der Waals surface area contributed by atoms with E-state index in [1.54, 1.807) is 22.4 Å². The van der Waals surface area contributed by atoms with E-state index in [1.165, 1.54) is 0 Å². The van der Waals surface area contributed by atoms with Crippen molar-refractivity contribution in [3.8, 4) is 0 Å². The third-order valence-electron chi connectivity index (χ3n) is 5.42. The number of carbonyl (C=O) groups excluding carboxylic acids is 1. The van der Waals surface area contributed by atoms with E-state index in [0.29, 0.717) is 31.2 Å². The first-order valence-electron chi connectivity index (χ1n) is 10.3. The van der Waals surface area contributed by atoms with Gasteiger partial charge in [-0.05, 0) is 35.6 Å². The maximum atomic E-state index is 13.4. The molecule has 4 rings (SSSR count). The van der Waals surface area contributed by atoms with Crippen molar-refractivity contribution in [2.45, 2.75) is 16.7 Å². The number of benzene rings is 2. The number of thiophene rings is 1. The molecule has 2 aromatic carbocycles. The number of hydrogen-bond acceptors (Lipinski definition) is 5. The third-order valence-corrected chi connectivity index (χ3v) is 8.61. The van der Waals surface area contributed by atoms with E-state index in [0.717, 1.165) is 22.6 Å². The van der Waals surface area contributed by atoms with Gasteiger partial charge in [0, 0.05) is 26.2 Å². The van der Waals surface area contributed by atoms with Gasteiger partial charge in [-0.1, -0.05) is 60.1 Å². The molecule has 1 atom stereocenters. The average molecular weight is 490 g/mol. The van der Waals surface area contributed by atoms with Crippen molar-refractivity contribution in [3.63, 3.8) is 0 Å². The Bertz CT molecular complexity index is 1150. The molecule has 1 aromatic heterocycles. The topological polar surface area (TPSA) is 69.7 Å². The van der Waals surface area contributed by atoms with Crippen LogP contribution in [0.2, 0.25) is 5.02 Å². The zero-order valence-electron chi connectivity index (χ0n) is 17.4. The number of halogens is 1. The number of hydrogen-bond donors (Lipinski definition) is 1. The fraction of sp³-hybridized carbons (Fsp3) is 0.261. The fourth-order valence-electron chi connectivity index (χ4n) is 3.79.